The van der Waals surface area contributed by atoms with E-state index in [1.807, 2.05) is 0 Å². The van der Waals surface area contributed by atoms with Crippen molar-refractivity contribution in [3.05, 3.63) is 34.6 Å². The summed E-state index contributed by atoms with van der Waals surface area (Å²) >= 11 is 5.36. The molecule has 0 aliphatic carbocycles. The summed E-state index contributed by atoms with van der Waals surface area (Å²) in [5.41, 5.74) is 3.71. The third kappa shape index (κ3) is 3.02. The minimum atomic E-state index is -5.88. The Morgan fingerprint density at radius 2 is 1.61 bits per heavy atom. The van der Waals surface area contributed by atoms with Gasteiger partial charge in [-0.1, -0.05) is 17.7 Å². The van der Waals surface area contributed by atoms with E-state index < -0.39 is 34.5 Å². The third-order valence-corrected chi connectivity index (χ3v) is 2.41. The number of hydrogen-bond acceptors (Lipinski definition) is 1. The Morgan fingerprint density at radius 1 is 1.11 bits per heavy atom. The van der Waals surface area contributed by atoms with Crippen molar-refractivity contribution >= 4 is 24.0 Å². The lowest BCUT2D eigenvalue weighted by Gasteiger charge is -2.26. The minimum Gasteiger partial charge on any atom is -0.319 e. The second-order valence-electron chi connectivity index (χ2n) is 3.23. The molecule has 1 aromatic rings. The average Bonchev–Trinajstić information content (AvgIpc) is 2.15. The molecule has 0 heterocycles. The van der Waals surface area contributed by atoms with Gasteiger partial charge in [0, 0.05) is 10.6 Å². The maximum absolute atomic E-state index is 13.2. The predicted octanol–water partition coefficient (Wildman–Crippen LogP) is 4.10. The topological polar surface area (TPSA) is 26.0 Å². The highest BCUT2D eigenvalue weighted by Gasteiger charge is 2.62. The molecule has 0 radical (unpaired) electrons. The molecule has 0 unspecified atom stereocenters. The van der Waals surface area contributed by atoms with Crippen LogP contribution in [0, 0.1) is 5.82 Å². The van der Waals surface area contributed by atoms with E-state index in [9.17, 15) is 26.3 Å². The van der Waals surface area contributed by atoms with Crippen LogP contribution in [-0.2, 0) is 0 Å². The first-order valence-electron chi connectivity index (χ1n) is 4.23. The number of hydrogen-bond donors (Lipinski definition) is 1. The number of rotatable bonds is 2. The van der Waals surface area contributed by atoms with Crippen molar-refractivity contribution in [2.75, 3.05) is 0 Å². The average molecular weight is 314 g/mol. The largest absolute Gasteiger partial charge is 0.455 e. The van der Waals surface area contributed by atoms with Gasteiger partial charge in [-0.05, 0) is 12.1 Å². The maximum atomic E-state index is 13.2. The summed E-state index contributed by atoms with van der Waals surface area (Å²) in [6.07, 6.45) is -5.88. The molecule has 1 rings (SSSR count). The van der Waals surface area contributed by atoms with Gasteiger partial charge in [0.2, 0.25) is 0 Å². The van der Waals surface area contributed by atoms with Gasteiger partial charge in [0.1, 0.15) is 11.9 Å². The summed E-state index contributed by atoms with van der Waals surface area (Å²) in [7, 11) is 0. The molecule has 104 valence electrons. The van der Waals surface area contributed by atoms with Crippen LogP contribution in [0.1, 0.15) is 11.6 Å². The van der Waals surface area contributed by atoms with Crippen LogP contribution in [-0.4, -0.2) is 12.1 Å². The van der Waals surface area contributed by atoms with Crippen LogP contribution in [0.2, 0.25) is 5.02 Å². The molecule has 0 saturated heterocycles. The van der Waals surface area contributed by atoms with E-state index in [1.165, 1.54) is 0 Å². The molecular formula is C9H7Cl2F6N. The zero-order chi connectivity index (χ0) is 13.4. The van der Waals surface area contributed by atoms with E-state index in [4.69, 9.17) is 17.3 Å². The van der Waals surface area contributed by atoms with Crippen LogP contribution in [0.25, 0.3) is 0 Å². The highest BCUT2D eigenvalue weighted by Crippen LogP contribution is 2.45. The fourth-order valence-corrected chi connectivity index (χ4v) is 1.45. The summed E-state index contributed by atoms with van der Waals surface area (Å²) in [5.74, 6) is -6.58. The Kier molecular flexibility index (Phi) is 5.34. The van der Waals surface area contributed by atoms with E-state index in [2.05, 4.69) is 0 Å². The van der Waals surface area contributed by atoms with E-state index in [-0.39, 0.29) is 12.4 Å². The molecule has 1 atom stereocenters. The van der Waals surface area contributed by atoms with E-state index in [0.717, 1.165) is 12.1 Å². The molecule has 0 aliphatic rings. The van der Waals surface area contributed by atoms with Crippen LogP contribution in [0.3, 0.4) is 0 Å². The Balaban J connectivity index is 0.00000289. The van der Waals surface area contributed by atoms with Crippen molar-refractivity contribution < 1.29 is 26.3 Å². The molecule has 0 spiro atoms. The predicted molar refractivity (Wildman–Crippen MR) is 56.6 cm³/mol. The molecule has 0 aliphatic heterocycles. The highest BCUT2D eigenvalue weighted by molar-refractivity contribution is 6.31. The minimum absolute atomic E-state index is 0. The van der Waals surface area contributed by atoms with Crippen molar-refractivity contribution in [1.29, 1.82) is 0 Å². The van der Waals surface area contributed by atoms with Gasteiger partial charge in [0.05, 0.1) is 0 Å². The number of halogens is 8. The van der Waals surface area contributed by atoms with Crippen LogP contribution in [0.15, 0.2) is 18.2 Å². The Morgan fingerprint density at radius 3 is 2.00 bits per heavy atom. The van der Waals surface area contributed by atoms with Crippen LogP contribution >= 0.6 is 24.0 Å². The molecule has 0 bridgehead atoms. The van der Waals surface area contributed by atoms with Crippen LogP contribution in [0.5, 0.6) is 0 Å². The SMILES string of the molecule is Cl.N[C@@H](c1c(F)cccc1Cl)C(F)(F)C(F)(F)F. The van der Waals surface area contributed by atoms with Crippen molar-refractivity contribution in [2.24, 2.45) is 5.73 Å². The monoisotopic (exact) mass is 313 g/mol. The lowest BCUT2D eigenvalue weighted by molar-refractivity contribution is -0.291. The summed E-state index contributed by atoms with van der Waals surface area (Å²) in [6.45, 7) is 0. The molecule has 0 saturated carbocycles. The summed E-state index contributed by atoms with van der Waals surface area (Å²) < 4.78 is 75.1. The third-order valence-electron chi connectivity index (χ3n) is 2.08. The lowest BCUT2D eigenvalue weighted by atomic mass is 10.0. The number of benzene rings is 1. The van der Waals surface area contributed by atoms with Crippen molar-refractivity contribution in [3.63, 3.8) is 0 Å². The molecule has 9 heteroatoms. The second-order valence-corrected chi connectivity index (χ2v) is 3.64. The fraction of sp³-hybridized carbons (Fsp3) is 0.333. The quantitative estimate of drug-likeness (QED) is 0.817. The van der Waals surface area contributed by atoms with E-state index >= 15 is 0 Å². The van der Waals surface area contributed by atoms with Crippen molar-refractivity contribution in [2.45, 2.75) is 18.1 Å². The van der Waals surface area contributed by atoms with Crippen molar-refractivity contribution in [3.8, 4) is 0 Å². The maximum Gasteiger partial charge on any atom is 0.455 e. The first-order chi connectivity index (χ1) is 7.59. The number of nitrogens with two attached hydrogens (primary N) is 1. The molecule has 0 aromatic heterocycles. The standard InChI is InChI=1S/C9H6ClF6N.ClH/c10-4-2-1-3-5(11)6(4)7(17)8(12,13)9(14,15)16;/h1-3,7H,17H2;1H/t7-;/m0./s1. The molecule has 1 aromatic carbocycles. The van der Waals surface area contributed by atoms with E-state index in [1.54, 1.807) is 0 Å². The highest BCUT2D eigenvalue weighted by atomic mass is 35.5. The first kappa shape index (κ1) is 17.3. The van der Waals surface area contributed by atoms with Gasteiger partial charge < -0.3 is 5.73 Å². The van der Waals surface area contributed by atoms with Gasteiger partial charge in [-0.15, -0.1) is 12.4 Å². The van der Waals surface area contributed by atoms with Crippen molar-refractivity contribution in [1.82, 2.24) is 0 Å². The summed E-state index contributed by atoms with van der Waals surface area (Å²) in [5, 5.41) is -0.582. The molecular weight excluding hydrogens is 307 g/mol. The molecule has 0 fully saturated rings. The number of alkyl halides is 5. The summed E-state index contributed by atoms with van der Waals surface area (Å²) in [4.78, 5) is 0. The fourth-order valence-electron chi connectivity index (χ4n) is 1.17. The van der Waals surface area contributed by atoms with Gasteiger partial charge in [-0.25, -0.2) is 4.39 Å². The smallest absolute Gasteiger partial charge is 0.319 e. The molecule has 0 amide bonds. The van der Waals surface area contributed by atoms with Crippen LogP contribution < -0.4 is 5.73 Å². The zero-order valence-electron chi connectivity index (χ0n) is 8.44. The Bertz CT molecular complexity index is 400. The van der Waals surface area contributed by atoms with Gasteiger partial charge in [0.15, 0.2) is 0 Å². The first-order valence-corrected chi connectivity index (χ1v) is 4.61. The normalized spacial score (nSPS) is 14.0. The van der Waals surface area contributed by atoms with E-state index in [0.29, 0.717) is 6.07 Å². The van der Waals surface area contributed by atoms with Crippen LogP contribution in [0.4, 0.5) is 26.3 Å². The molecule has 2 N–H and O–H groups in total. The zero-order valence-corrected chi connectivity index (χ0v) is 10.0. The Hall–Kier alpha value is -0.660. The summed E-state index contributed by atoms with van der Waals surface area (Å²) in [6, 6.07) is -0.143. The van der Waals surface area contributed by atoms with Gasteiger partial charge in [-0.3, -0.25) is 0 Å². The second kappa shape index (κ2) is 5.54. The van der Waals surface area contributed by atoms with Gasteiger partial charge in [-0.2, -0.15) is 22.0 Å². The lowest BCUT2D eigenvalue weighted by Crippen LogP contribution is -2.46. The Labute approximate surface area is 109 Å². The van der Waals surface area contributed by atoms with Gasteiger partial charge >= 0.3 is 12.1 Å². The molecule has 1 nitrogen and oxygen atoms in total. The molecule has 18 heavy (non-hydrogen) atoms. The van der Waals surface area contributed by atoms with Gasteiger partial charge in [0.25, 0.3) is 0 Å².